The molecule has 4 heteroatoms. The smallest absolute Gasteiger partial charge is 0.241 e. The first-order chi connectivity index (χ1) is 8.69. The predicted molar refractivity (Wildman–Crippen MR) is 69.4 cm³/mol. The Morgan fingerprint density at radius 3 is 2.61 bits per heavy atom. The maximum absolute atomic E-state index is 12.5. The van der Waals surface area contributed by atoms with Crippen molar-refractivity contribution >= 4 is 5.91 Å². The van der Waals surface area contributed by atoms with E-state index in [-0.39, 0.29) is 18.0 Å². The van der Waals surface area contributed by atoms with E-state index < -0.39 is 6.04 Å². The zero-order valence-electron chi connectivity index (χ0n) is 10.7. The Morgan fingerprint density at radius 1 is 1.39 bits per heavy atom. The molecule has 2 rings (SSSR count). The van der Waals surface area contributed by atoms with Gasteiger partial charge in [0.25, 0.3) is 0 Å². The fourth-order valence-electron chi connectivity index (χ4n) is 3.20. The summed E-state index contributed by atoms with van der Waals surface area (Å²) in [6.45, 7) is 3.76. The summed E-state index contributed by atoms with van der Waals surface area (Å²) in [7, 11) is 0. The molecule has 1 saturated carbocycles. The molecular formula is C14H21N3O. The van der Waals surface area contributed by atoms with Gasteiger partial charge in [-0.2, -0.15) is 5.26 Å². The highest BCUT2D eigenvalue weighted by Crippen LogP contribution is 2.31. The second kappa shape index (κ2) is 5.53. The molecule has 2 N–H and O–H groups in total. The first kappa shape index (κ1) is 13.1. The number of likely N-dealkylation sites (tertiary alicyclic amines) is 1. The summed E-state index contributed by atoms with van der Waals surface area (Å²) in [4.78, 5) is 14.1. The fourth-order valence-corrected chi connectivity index (χ4v) is 3.20. The Balaban J connectivity index is 2.10. The van der Waals surface area contributed by atoms with Crippen molar-refractivity contribution in [1.29, 1.82) is 5.26 Å². The maximum Gasteiger partial charge on any atom is 0.241 e. The van der Waals surface area contributed by atoms with Gasteiger partial charge in [-0.3, -0.25) is 4.79 Å². The number of nitrogens with zero attached hydrogens (tertiary/aromatic N) is 2. The number of hydrogen-bond donors (Lipinski definition) is 1. The van der Waals surface area contributed by atoms with Gasteiger partial charge in [0.1, 0.15) is 6.04 Å². The maximum atomic E-state index is 12.5. The summed E-state index contributed by atoms with van der Waals surface area (Å²) < 4.78 is 0. The number of nitriles is 1. The van der Waals surface area contributed by atoms with Gasteiger partial charge in [-0.25, -0.2) is 0 Å². The summed E-state index contributed by atoms with van der Waals surface area (Å²) in [5.74, 6) is 0.235. The van der Waals surface area contributed by atoms with E-state index in [1.54, 1.807) is 11.0 Å². The van der Waals surface area contributed by atoms with E-state index >= 15 is 0 Å². The second-order valence-electron chi connectivity index (χ2n) is 5.34. The van der Waals surface area contributed by atoms with Crippen molar-refractivity contribution in [2.75, 3.05) is 0 Å². The quantitative estimate of drug-likeness (QED) is 0.770. The van der Waals surface area contributed by atoms with Gasteiger partial charge in [-0.05, 0) is 31.6 Å². The van der Waals surface area contributed by atoms with Crippen LogP contribution in [0.5, 0.6) is 0 Å². The lowest BCUT2D eigenvalue weighted by atomic mass is 9.97. The first-order valence-corrected chi connectivity index (χ1v) is 6.79. The lowest BCUT2D eigenvalue weighted by Gasteiger charge is -2.30. The number of hydrogen-bond acceptors (Lipinski definition) is 3. The van der Waals surface area contributed by atoms with Crippen LogP contribution >= 0.6 is 0 Å². The van der Waals surface area contributed by atoms with E-state index in [1.807, 2.05) is 0 Å². The molecule has 1 heterocycles. The minimum atomic E-state index is -0.441. The van der Waals surface area contributed by atoms with E-state index in [9.17, 15) is 4.79 Å². The molecule has 1 aliphatic heterocycles. The van der Waals surface area contributed by atoms with Crippen molar-refractivity contribution < 1.29 is 4.79 Å². The zero-order valence-corrected chi connectivity index (χ0v) is 10.7. The van der Waals surface area contributed by atoms with Crippen LogP contribution in [0.1, 0.15) is 38.5 Å². The lowest BCUT2D eigenvalue weighted by molar-refractivity contribution is -0.135. The standard InChI is InChI=1S/C14H21N3O/c1-2-11-7-8-12(9-15)17(11)14(18)13(16)10-5-3-4-6-10/h2,10-13H,1,3-8,16H2/t11-,12?,13+/m1/s1. The molecule has 3 atom stereocenters. The van der Waals surface area contributed by atoms with Crippen LogP contribution in [0.3, 0.4) is 0 Å². The molecule has 0 spiro atoms. The van der Waals surface area contributed by atoms with Gasteiger partial charge < -0.3 is 10.6 Å². The molecule has 1 unspecified atom stereocenters. The fraction of sp³-hybridized carbons (Fsp3) is 0.714. The van der Waals surface area contributed by atoms with E-state index in [0.717, 1.165) is 38.5 Å². The van der Waals surface area contributed by atoms with E-state index in [2.05, 4.69) is 12.6 Å². The molecule has 2 aliphatic rings. The number of nitrogens with two attached hydrogens (primary N) is 1. The van der Waals surface area contributed by atoms with Gasteiger partial charge in [0.15, 0.2) is 0 Å². The van der Waals surface area contributed by atoms with E-state index in [0.29, 0.717) is 5.92 Å². The number of carbonyl (C=O) groups excluding carboxylic acids is 1. The predicted octanol–water partition coefficient (Wildman–Crippen LogP) is 1.57. The third-order valence-corrected chi connectivity index (χ3v) is 4.30. The molecule has 0 aromatic carbocycles. The highest BCUT2D eigenvalue weighted by Gasteiger charge is 2.39. The average Bonchev–Trinajstić information content (AvgIpc) is 3.05. The van der Waals surface area contributed by atoms with Crippen LogP contribution in [0.25, 0.3) is 0 Å². The zero-order chi connectivity index (χ0) is 13.1. The first-order valence-electron chi connectivity index (χ1n) is 6.79. The Hall–Kier alpha value is -1.34. The molecule has 1 saturated heterocycles. The van der Waals surface area contributed by atoms with Crippen LogP contribution in [-0.2, 0) is 4.79 Å². The minimum Gasteiger partial charge on any atom is -0.320 e. The van der Waals surface area contributed by atoms with Crippen LogP contribution in [0.4, 0.5) is 0 Å². The summed E-state index contributed by atoms with van der Waals surface area (Å²) in [5.41, 5.74) is 6.10. The van der Waals surface area contributed by atoms with Gasteiger partial charge >= 0.3 is 0 Å². The van der Waals surface area contributed by atoms with Crippen LogP contribution in [0, 0.1) is 17.2 Å². The summed E-state index contributed by atoms with van der Waals surface area (Å²) in [5, 5.41) is 9.13. The van der Waals surface area contributed by atoms with Crippen LogP contribution in [0.15, 0.2) is 12.7 Å². The Bertz CT molecular complexity index is 368. The molecule has 0 aromatic heterocycles. The Kier molecular flexibility index (Phi) is 4.03. The molecule has 98 valence electrons. The summed E-state index contributed by atoms with van der Waals surface area (Å²) in [6, 6.07) is 1.42. The van der Waals surface area contributed by atoms with Crippen molar-refractivity contribution in [2.45, 2.75) is 56.7 Å². The van der Waals surface area contributed by atoms with E-state index in [1.165, 1.54) is 0 Å². The third-order valence-electron chi connectivity index (χ3n) is 4.30. The topological polar surface area (TPSA) is 70.1 Å². The average molecular weight is 247 g/mol. The summed E-state index contributed by atoms with van der Waals surface area (Å²) >= 11 is 0. The highest BCUT2D eigenvalue weighted by atomic mass is 16.2. The van der Waals surface area contributed by atoms with Gasteiger partial charge in [-0.15, -0.1) is 6.58 Å². The third kappa shape index (κ3) is 2.28. The van der Waals surface area contributed by atoms with Crippen molar-refractivity contribution in [3.05, 3.63) is 12.7 Å². The second-order valence-corrected chi connectivity index (χ2v) is 5.34. The molecule has 1 amide bonds. The van der Waals surface area contributed by atoms with Crippen LogP contribution in [0.2, 0.25) is 0 Å². The number of amides is 1. The van der Waals surface area contributed by atoms with Gasteiger partial charge in [0, 0.05) is 0 Å². The molecular weight excluding hydrogens is 226 g/mol. The molecule has 18 heavy (non-hydrogen) atoms. The Morgan fingerprint density at radius 2 is 2.06 bits per heavy atom. The lowest BCUT2D eigenvalue weighted by Crippen LogP contribution is -2.51. The minimum absolute atomic E-state index is 0.0189. The monoisotopic (exact) mass is 247 g/mol. The molecule has 1 aliphatic carbocycles. The number of rotatable bonds is 3. The molecule has 0 radical (unpaired) electrons. The largest absolute Gasteiger partial charge is 0.320 e. The Labute approximate surface area is 108 Å². The molecule has 0 aromatic rings. The molecule has 4 nitrogen and oxygen atoms in total. The summed E-state index contributed by atoms with van der Waals surface area (Å²) in [6.07, 6.45) is 7.72. The van der Waals surface area contributed by atoms with Crippen molar-refractivity contribution in [1.82, 2.24) is 4.90 Å². The van der Waals surface area contributed by atoms with Gasteiger partial charge in [0.2, 0.25) is 5.91 Å². The van der Waals surface area contributed by atoms with Crippen LogP contribution < -0.4 is 5.73 Å². The molecule has 0 bridgehead atoms. The highest BCUT2D eigenvalue weighted by molar-refractivity contribution is 5.83. The van der Waals surface area contributed by atoms with E-state index in [4.69, 9.17) is 11.0 Å². The van der Waals surface area contributed by atoms with Crippen LogP contribution in [-0.4, -0.2) is 28.9 Å². The molecule has 2 fully saturated rings. The van der Waals surface area contributed by atoms with Crippen molar-refractivity contribution in [3.8, 4) is 6.07 Å². The SMILES string of the molecule is C=C[C@@H]1CCC(C#N)N1C(=O)[C@@H](N)C1CCCC1. The number of carbonyl (C=O) groups is 1. The normalized spacial score (nSPS) is 30.1. The van der Waals surface area contributed by atoms with Gasteiger partial charge in [-0.1, -0.05) is 18.9 Å². The van der Waals surface area contributed by atoms with Crippen molar-refractivity contribution in [3.63, 3.8) is 0 Å². The van der Waals surface area contributed by atoms with Gasteiger partial charge in [0.05, 0.1) is 18.2 Å². The van der Waals surface area contributed by atoms with Crippen molar-refractivity contribution in [2.24, 2.45) is 11.7 Å².